The van der Waals surface area contributed by atoms with Crippen molar-refractivity contribution in [3.8, 4) is 0 Å². The predicted octanol–water partition coefficient (Wildman–Crippen LogP) is 1.03. The number of nitrogens with zero attached hydrogens (tertiary/aromatic N) is 1. The van der Waals surface area contributed by atoms with Gasteiger partial charge in [0.2, 0.25) is 0 Å². The van der Waals surface area contributed by atoms with Crippen LogP contribution in [0.1, 0.15) is 27.2 Å². The normalized spacial score (nSPS) is 13.8. The number of H-pyrrole nitrogens is 1. The lowest BCUT2D eigenvalue weighted by Crippen LogP contribution is -2.27. The maximum Gasteiger partial charge on any atom is 0.251 e. The van der Waals surface area contributed by atoms with E-state index >= 15 is 0 Å². The second-order valence-corrected chi connectivity index (χ2v) is 4.99. The molecule has 1 aliphatic rings. The molecule has 0 bridgehead atoms. The van der Waals surface area contributed by atoms with E-state index in [1.165, 1.54) is 11.1 Å². The molecule has 0 aliphatic carbocycles. The number of carbonyl (C=O) groups excluding carboxylic acids is 1. The van der Waals surface area contributed by atoms with Crippen LogP contribution in [0.5, 0.6) is 0 Å². The zero-order valence-electron chi connectivity index (χ0n) is 11.3. The lowest BCUT2D eigenvalue weighted by atomic mass is 9.98. The largest absolute Gasteiger partial charge is 0.352 e. The van der Waals surface area contributed by atoms with Gasteiger partial charge >= 0.3 is 0 Å². The summed E-state index contributed by atoms with van der Waals surface area (Å²) in [5.41, 5.74) is 4.34. The minimum Gasteiger partial charge on any atom is -0.352 e. The molecule has 1 aromatic heterocycles. The van der Waals surface area contributed by atoms with E-state index in [0.29, 0.717) is 6.54 Å². The van der Waals surface area contributed by atoms with Crippen molar-refractivity contribution >= 4 is 5.91 Å². The molecule has 0 saturated heterocycles. The molecule has 0 atom stereocenters. The van der Waals surface area contributed by atoms with Crippen LogP contribution in [0.4, 0.5) is 0 Å². The van der Waals surface area contributed by atoms with Crippen molar-refractivity contribution in [1.29, 1.82) is 0 Å². The first kappa shape index (κ1) is 12.9. The third-order valence-corrected chi connectivity index (χ3v) is 3.59. The zero-order chi connectivity index (χ0) is 13.8. The lowest BCUT2D eigenvalue weighted by molar-refractivity contribution is 0.0954. The summed E-state index contributed by atoms with van der Waals surface area (Å²) in [5, 5.41) is 6.26. The van der Waals surface area contributed by atoms with Gasteiger partial charge in [0.25, 0.3) is 5.91 Å². The van der Waals surface area contributed by atoms with Gasteiger partial charge in [0, 0.05) is 37.0 Å². The maximum absolute atomic E-state index is 12.1. The lowest BCUT2D eigenvalue weighted by Gasteiger charge is -2.17. The number of rotatable bonds is 4. The molecule has 5 nitrogen and oxygen atoms in total. The molecular weight excluding hydrogens is 252 g/mol. The summed E-state index contributed by atoms with van der Waals surface area (Å²) < 4.78 is 0. The van der Waals surface area contributed by atoms with Crippen LogP contribution in [0, 0.1) is 0 Å². The summed E-state index contributed by atoms with van der Waals surface area (Å²) in [7, 11) is 0. The van der Waals surface area contributed by atoms with Crippen molar-refractivity contribution in [2.45, 2.75) is 19.4 Å². The van der Waals surface area contributed by atoms with E-state index in [1.54, 1.807) is 12.5 Å². The summed E-state index contributed by atoms with van der Waals surface area (Å²) in [6.07, 6.45) is 5.22. The van der Waals surface area contributed by atoms with Crippen LogP contribution in [0.2, 0.25) is 0 Å². The summed E-state index contributed by atoms with van der Waals surface area (Å²) in [6.45, 7) is 2.48. The monoisotopic (exact) mass is 270 g/mol. The molecule has 20 heavy (non-hydrogen) atoms. The van der Waals surface area contributed by atoms with Crippen molar-refractivity contribution in [2.24, 2.45) is 0 Å². The molecule has 0 radical (unpaired) electrons. The quantitative estimate of drug-likeness (QED) is 0.777. The Bertz CT molecular complexity index is 592. The Kier molecular flexibility index (Phi) is 3.78. The standard InChI is InChI=1S/C15H18N4O/c20-15(18-6-4-14-9-17-10-19-14)12-2-1-11-3-5-16-8-13(11)7-12/h1-2,7,9-10,16H,3-6,8H2,(H,17,19)(H,18,20). The Morgan fingerprint density at radius 2 is 2.30 bits per heavy atom. The highest BCUT2D eigenvalue weighted by Gasteiger charge is 2.12. The molecule has 2 heterocycles. The van der Waals surface area contributed by atoms with E-state index in [-0.39, 0.29) is 5.91 Å². The second kappa shape index (κ2) is 5.88. The number of aromatic nitrogens is 2. The van der Waals surface area contributed by atoms with E-state index < -0.39 is 0 Å². The van der Waals surface area contributed by atoms with E-state index in [4.69, 9.17) is 0 Å². The Morgan fingerprint density at radius 1 is 1.35 bits per heavy atom. The van der Waals surface area contributed by atoms with Crippen LogP contribution in [0.3, 0.4) is 0 Å². The van der Waals surface area contributed by atoms with Crippen molar-refractivity contribution in [1.82, 2.24) is 20.6 Å². The third-order valence-electron chi connectivity index (χ3n) is 3.59. The number of fused-ring (bicyclic) bond motifs is 1. The highest BCUT2D eigenvalue weighted by Crippen LogP contribution is 2.15. The maximum atomic E-state index is 12.1. The summed E-state index contributed by atoms with van der Waals surface area (Å²) in [5.74, 6) is -0.0158. The van der Waals surface area contributed by atoms with Crippen LogP contribution < -0.4 is 10.6 Å². The summed E-state index contributed by atoms with van der Waals surface area (Å²) in [4.78, 5) is 19.1. The average Bonchev–Trinajstić information content (AvgIpc) is 3.00. The summed E-state index contributed by atoms with van der Waals surface area (Å²) in [6, 6.07) is 5.97. The first-order valence-electron chi connectivity index (χ1n) is 6.91. The molecule has 5 heteroatoms. The average molecular weight is 270 g/mol. The SMILES string of the molecule is O=C(NCCc1cnc[nH]1)c1ccc2c(c1)CNCC2. The van der Waals surface area contributed by atoms with E-state index in [9.17, 15) is 4.79 Å². The Hall–Kier alpha value is -2.14. The fraction of sp³-hybridized carbons (Fsp3) is 0.333. The molecule has 1 aromatic carbocycles. The molecule has 3 rings (SSSR count). The zero-order valence-corrected chi connectivity index (χ0v) is 11.3. The highest BCUT2D eigenvalue weighted by molar-refractivity contribution is 5.94. The molecular formula is C15H18N4O. The van der Waals surface area contributed by atoms with E-state index in [1.807, 2.05) is 12.1 Å². The van der Waals surface area contributed by atoms with Crippen molar-refractivity contribution in [3.63, 3.8) is 0 Å². The van der Waals surface area contributed by atoms with Crippen LogP contribution >= 0.6 is 0 Å². The molecule has 1 aliphatic heterocycles. The minimum absolute atomic E-state index is 0.0158. The number of hydrogen-bond acceptors (Lipinski definition) is 3. The fourth-order valence-electron chi connectivity index (χ4n) is 2.46. The van der Waals surface area contributed by atoms with Gasteiger partial charge in [-0.2, -0.15) is 0 Å². The van der Waals surface area contributed by atoms with Gasteiger partial charge in [-0.15, -0.1) is 0 Å². The van der Waals surface area contributed by atoms with Crippen LogP contribution in [-0.4, -0.2) is 29.0 Å². The molecule has 104 valence electrons. The molecule has 0 saturated carbocycles. The number of nitrogens with one attached hydrogen (secondary N) is 3. The topological polar surface area (TPSA) is 69.8 Å². The Labute approximate surface area is 117 Å². The van der Waals surface area contributed by atoms with Gasteiger partial charge < -0.3 is 15.6 Å². The second-order valence-electron chi connectivity index (χ2n) is 4.99. The molecule has 1 amide bonds. The van der Waals surface area contributed by atoms with Gasteiger partial charge in [-0.3, -0.25) is 4.79 Å². The van der Waals surface area contributed by atoms with Gasteiger partial charge in [-0.25, -0.2) is 4.98 Å². The van der Waals surface area contributed by atoms with Crippen molar-refractivity contribution < 1.29 is 4.79 Å². The molecule has 3 N–H and O–H groups in total. The van der Waals surface area contributed by atoms with Crippen LogP contribution in [0.25, 0.3) is 0 Å². The Morgan fingerprint density at radius 3 is 3.15 bits per heavy atom. The van der Waals surface area contributed by atoms with Gasteiger partial charge in [-0.1, -0.05) is 6.07 Å². The predicted molar refractivity (Wildman–Crippen MR) is 76.5 cm³/mol. The molecule has 0 spiro atoms. The van der Waals surface area contributed by atoms with Crippen molar-refractivity contribution in [2.75, 3.05) is 13.1 Å². The van der Waals surface area contributed by atoms with Gasteiger partial charge in [0.15, 0.2) is 0 Å². The number of imidazole rings is 1. The first-order valence-corrected chi connectivity index (χ1v) is 6.91. The fourth-order valence-corrected chi connectivity index (χ4v) is 2.46. The molecule has 0 fully saturated rings. The smallest absolute Gasteiger partial charge is 0.251 e. The first-order chi connectivity index (χ1) is 9.83. The molecule has 2 aromatic rings. The highest BCUT2D eigenvalue weighted by atomic mass is 16.1. The van der Waals surface area contributed by atoms with E-state index in [0.717, 1.165) is 37.2 Å². The Balaban J connectivity index is 1.59. The van der Waals surface area contributed by atoms with Gasteiger partial charge in [0.05, 0.1) is 6.33 Å². The van der Waals surface area contributed by atoms with E-state index in [2.05, 4.69) is 26.7 Å². The van der Waals surface area contributed by atoms with Gasteiger partial charge in [-0.05, 0) is 36.2 Å². The van der Waals surface area contributed by atoms with Crippen LogP contribution in [-0.2, 0) is 19.4 Å². The molecule has 0 unspecified atom stereocenters. The van der Waals surface area contributed by atoms with Gasteiger partial charge in [0.1, 0.15) is 0 Å². The van der Waals surface area contributed by atoms with Crippen molar-refractivity contribution in [3.05, 3.63) is 53.1 Å². The number of aromatic amines is 1. The third kappa shape index (κ3) is 2.88. The number of carbonyl (C=O) groups is 1. The minimum atomic E-state index is -0.0158. The number of amides is 1. The van der Waals surface area contributed by atoms with Crippen LogP contribution in [0.15, 0.2) is 30.7 Å². The number of benzene rings is 1. The summed E-state index contributed by atoms with van der Waals surface area (Å²) >= 11 is 0. The number of hydrogen-bond donors (Lipinski definition) is 3.